The molecule has 5 nitrogen and oxygen atoms in total. The monoisotopic (exact) mass is 497 g/mol. The predicted molar refractivity (Wildman–Crippen MR) is 152 cm³/mol. The molecule has 1 amide bonds. The molecule has 5 heteroatoms. The lowest BCUT2D eigenvalue weighted by Crippen LogP contribution is -2.13. The maximum atomic E-state index is 13.0. The number of carbonyl (C=O) groups excluding carboxylic acids is 1. The lowest BCUT2D eigenvalue weighted by molar-refractivity contribution is -0.112. The van der Waals surface area contributed by atoms with Crippen molar-refractivity contribution in [1.82, 2.24) is 4.57 Å². The topological polar surface area (TPSA) is 67.0 Å². The van der Waals surface area contributed by atoms with Crippen LogP contribution in [0.1, 0.15) is 22.3 Å². The van der Waals surface area contributed by atoms with Crippen molar-refractivity contribution in [2.24, 2.45) is 0 Å². The lowest BCUT2D eigenvalue weighted by atomic mass is 10.1. The average molecular weight is 498 g/mol. The van der Waals surface area contributed by atoms with Gasteiger partial charge in [0.1, 0.15) is 24.0 Å². The molecule has 1 N–H and O–H groups in total. The molecule has 0 fully saturated rings. The molecule has 0 radical (unpaired) electrons. The SMILES string of the molecule is Cc1cccc(Cn2cc(/C=C(\C#N)C(=O)Nc3ccc(OCc4ccccc4)cc3)c3ccccc32)c1. The van der Waals surface area contributed by atoms with Crippen LogP contribution in [0.5, 0.6) is 5.75 Å². The lowest BCUT2D eigenvalue weighted by Gasteiger charge is -2.08. The number of benzene rings is 4. The van der Waals surface area contributed by atoms with Gasteiger partial charge >= 0.3 is 0 Å². The molecule has 0 unspecified atom stereocenters. The highest BCUT2D eigenvalue weighted by atomic mass is 16.5. The third-order valence-corrected chi connectivity index (χ3v) is 6.28. The van der Waals surface area contributed by atoms with Gasteiger partial charge in [0.2, 0.25) is 0 Å². The molecule has 0 spiro atoms. The van der Waals surface area contributed by atoms with Crippen LogP contribution in [0.2, 0.25) is 0 Å². The maximum Gasteiger partial charge on any atom is 0.266 e. The van der Waals surface area contributed by atoms with Crippen molar-refractivity contribution in [1.29, 1.82) is 5.26 Å². The Labute approximate surface area is 222 Å². The summed E-state index contributed by atoms with van der Waals surface area (Å²) >= 11 is 0. The molecular formula is C33H27N3O2. The fourth-order valence-electron chi connectivity index (χ4n) is 4.41. The number of hydrogen-bond acceptors (Lipinski definition) is 3. The van der Waals surface area contributed by atoms with Gasteiger partial charge < -0.3 is 14.6 Å². The number of hydrogen-bond donors (Lipinski definition) is 1. The number of rotatable bonds is 8. The summed E-state index contributed by atoms with van der Waals surface area (Å²) in [5.41, 5.74) is 5.97. The zero-order chi connectivity index (χ0) is 26.3. The summed E-state index contributed by atoms with van der Waals surface area (Å²) in [6, 6.07) is 35.5. The minimum Gasteiger partial charge on any atom is -0.489 e. The number of ether oxygens (including phenoxy) is 1. The van der Waals surface area contributed by atoms with Gasteiger partial charge in [-0.15, -0.1) is 0 Å². The number of aromatic nitrogens is 1. The van der Waals surface area contributed by atoms with E-state index in [1.165, 1.54) is 11.1 Å². The van der Waals surface area contributed by atoms with E-state index >= 15 is 0 Å². The van der Waals surface area contributed by atoms with E-state index in [2.05, 4.69) is 53.2 Å². The Morgan fingerprint density at radius 1 is 0.921 bits per heavy atom. The van der Waals surface area contributed by atoms with E-state index in [9.17, 15) is 10.1 Å². The minimum atomic E-state index is -0.457. The third kappa shape index (κ3) is 5.83. The molecule has 5 aromatic rings. The summed E-state index contributed by atoms with van der Waals surface area (Å²) in [6.07, 6.45) is 3.65. The molecule has 0 aliphatic carbocycles. The smallest absolute Gasteiger partial charge is 0.266 e. The van der Waals surface area contributed by atoms with E-state index in [1.807, 2.05) is 54.7 Å². The van der Waals surface area contributed by atoms with Gasteiger partial charge in [-0.05, 0) is 54.5 Å². The first kappa shape index (κ1) is 24.6. The molecule has 38 heavy (non-hydrogen) atoms. The first-order chi connectivity index (χ1) is 18.6. The number of para-hydroxylation sites is 1. The summed E-state index contributed by atoms with van der Waals surface area (Å²) in [5, 5.41) is 13.6. The maximum absolute atomic E-state index is 13.0. The van der Waals surface area contributed by atoms with Crippen LogP contribution >= 0.6 is 0 Å². The number of amides is 1. The second-order valence-corrected chi connectivity index (χ2v) is 9.14. The van der Waals surface area contributed by atoms with Crippen LogP contribution in [0.25, 0.3) is 17.0 Å². The molecule has 0 saturated heterocycles. The van der Waals surface area contributed by atoms with E-state index in [4.69, 9.17) is 4.74 Å². The van der Waals surface area contributed by atoms with Gasteiger partial charge in [0.05, 0.1) is 0 Å². The number of nitriles is 1. The first-order valence-corrected chi connectivity index (χ1v) is 12.4. The predicted octanol–water partition coefficient (Wildman–Crippen LogP) is 7.12. The molecule has 1 heterocycles. The Balaban J connectivity index is 1.32. The summed E-state index contributed by atoms with van der Waals surface area (Å²) in [4.78, 5) is 13.0. The zero-order valence-electron chi connectivity index (χ0n) is 21.1. The summed E-state index contributed by atoms with van der Waals surface area (Å²) in [6.45, 7) is 3.24. The molecule has 4 aromatic carbocycles. The molecule has 0 saturated carbocycles. The third-order valence-electron chi connectivity index (χ3n) is 6.28. The molecule has 0 aliphatic rings. The van der Waals surface area contributed by atoms with Crippen LogP contribution in [0.15, 0.2) is 115 Å². The van der Waals surface area contributed by atoms with Crippen molar-refractivity contribution >= 4 is 28.6 Å². The summed E-state index contributed by atoms with van der Waals surface area (Å²) < 4.78 is 7.96. The average Bonchev–Trinajstić information content (AvgIpc) is 3.28. The van der Waals surface area contributed by atoms with Gasteiger partial charge in [0, 0.05) is 34.9 Å². The second kappa shape index (κ2) is 11.3. The van der Waals surface area contributed by atoms with E-state index < -0.39 is 5.91 Å². The van der Waals surface area contributed by atoms with E-state index in [1.54, 1.807) is 30.3 Å². The van der Waals surface area contributed by atoms with Gasteiger partial charge in [0.15, 0.2) is 0 Å². The van der Waals surface area contributed by atoms with Gasteiger partial charge in [0.25, 0.3) is 5.91 Å². The largest absolute Gasteiger partial charge is 0.489 e. The highest BCUT2D eigenvalue weighted by Crippen LogP contribution is 2.25. The molecule has 0 aliphatic heterocycles. The van der Waals surface area contributed by atoms with Crippen LogP contribution in [0.4, 0.5) is 5.69 Å². The van der Waals surface area contributed by atoms with E-state index in [0.717, 1.165) is 22.0 Å². The highest BCUT2D eigenvalue weighted by Gasteiger charge is 2.13. The highest BCUT2D eigenvalue weighted by molar-refractivity contribution is 6.10. The Hall–Kier alpha value is -5.08. The van der Waals surface area contributed by atoms with Crippen molar-refractivity contribution in [3.05, 3.63) is 137 Å². The fourth-order valence-corrected chi connectivity index (χ4v) is 4.41. The second-order valence-electron chi connectivity index (χ2n) is 9.14. The summed E-state index contributed by atoms with van der Waals surface area (Å²) in [7, 11) is 0. The van der Waals surface area contributed by atoms with E-state index in [0.29, 0.717) is 24.6 Å². The Bertz CT molecular complexity index is 1640. The van der Waals surface area contributed by atoms with Crippen LogP contribution in [-0.4, -0.2) is 10.5 Å². The number of carbonyl (C=O) groups is 1. The van der Waals surface area contributed by atoms with Gasteiger partial charge in [-0.3, -0.25) is 4.79 Å². The van der Waals surface area contributed by atoms with Crippen molar-refractivity contribution in [3.63, 3.8) is 0 Å². The number of nitrogens with one attached hydrogen (secondary N) is 1. The van der Waals surface area contributed by atoms with Crippen LogP contribution in [0, 0.1) is 18.3 Å². The molecule has 5 rings (SSSR count). The van der Waals surface area contributed by atoms with Gasteiger partial charge in [-0.1, -0.05) is 78.4 Å². The molecule has 0 atom stereocenters. The zero-order valence-corrected chi connectivity index (χ0v) is 21.1. The summed E-state index contributed by atoms with van der Waals surface area (Å²) in [5.74, 6) is 0.241. The standard InChI is InChI=1S/C33H27N3O2/c1-24-8-7-11-26(18-24)21-36-22-28(31-12-5-6-13-32(31)36)19-27(20-34)33(37)35-29-14-16-30(17-15-29)38-23-25-9-3-2-4-10-25/h2-19,22H,21,23H2,1H3,(H,35,37)/b27-19+. The van der Waals surface area contributed by atoms with Gasteiger partial charge in [-0.25, -0.2) is 0 Å². The quantitative estimate of drug-likeness (QED) is 0.183. The number of nitrogens with zero attached hydrogens (tertiary/aromatic N) is 2. The van der Waals surface area contributed by atoms with Crippen molar-refractivity contribution < 1.29 is 9.53 Å². The minimum absolute atomic E-state index is 0.0351. The number of aryl methyl sites for hydroxylation is 1. The number of fused-ring (bicyclic) bond motifs is 1. The van der Waals surface area contributed by atoms with Crippen LogP contribution < -0.4 is 10.1 Å². The molecular weight excluding hydrogens is 470 g/mol. The number of anilines is 1. The Morgan fingerprint density at radius 2 is 1.66 bits per heavy atom. The normalized spacial score (nSPS) is 11.2. The van der Waals surface area contributed by atoms with Crippen molar-refractivity contribution in [2.75, 3.05) is 5.32 Å². The van der Waals surface area contributed by atoms with Crippen molar-refractivity contribution in [2.45, 2.75) is 20.1 Å². The Morgan fingerprint density at radius 3 is 2.42 bits per heavy atom. The van der Waals surface area contributed by atoms with Crippen LogP contribution in [0.3, 0.4) is 0 Å². The molecule has 1 aromatic heterocycles. The molecule has 186 valence electrons. The van der Waals surface area contributed by atoms with Crippen molar-refractivity contribution in [3.8, 4) is 11.8 Å². The van der Waals surface area contributed by atoms with Gasteiger partial charge in [-0.2, -0.15) is 5.26 Å². The van der Waals surface area contributed by atoms with Crippen LogP contribution in [-0.2, 0) is 17.9 Å². The first-order valence-electron chi connectivity index (χ1n) is 12.4. The molecule has 0 bridgehead atoms. The fraction of sp³-hybridized carbons (Fsp3) is 0.0909. The Kier molecular flexibility index (Phi) is 7.33. The van der Waals surface area contributed by atoms with E-state index in [-0.39, 0.29) is 5.57 Å².